The number of carbonyl (C=O) groups excluding carboxylic acids is 1. The number of nitrogens with zero attached hydrogens (tertiary/aromatic N) is 2. The lowest BCUT2D eigenvalue weighted by Crippen LogP contribution is -2.37. The van der Waals surface area contributed by atoms with E-state index < -0.39 is 0 Å². The van der Waals surface area contributed by atoms with Gasteiger partial charge in [0, 0.05) is 49.4 Å². The monoisotopic (exact) mass is 335 g/mol. The number of nitrogens with one attached hydrogen (secondary N) is 1. The number of ether oxygens (including phenoxy) is 1. The van der Waals surface area contributed by atoms with Gasteiger partial charge in [-0.15, -0.1) is 0 Å². The maximum Gasteiger partial charge on any atom is 0.254 e. The van der Waals surface area contributed by atoms with Gasteiger partial charge in [-0.3, -0.25) is 9.78 Å². The third-order valence-corrected chi connectivity index (χ3v) is 4.63. The highest BCUT2D eigenvalue weighted by Crippen LogP contribution is 2.19. The Bertz CT molecular complexity index is 854. The number of H-pyrrole nitrogens is 1. The number of rotatable bonds is 5. The minimum absolute atomic E-state index is 0.0239. The molecule has 3 heterocycles. The fraction of sp³-hybridized carbons (Fsp3) is 0.300. The number of pyridine rings is 1. The standard InChI is InChI=1S/C20H21N3O2/c24-20(17-6-5-16-7-9-22-19(16)11-17)23(14-18-4-2-10-25-18)13-15-3-1-8-21-12-15/h1,3,5-9,11-12,18,22H,2,4,10,13-14H2/t18-/m0/s1. The van der Waals surface area contributed by atoms with E-state index in [1.807, 2.05) is 53.7 Å². The molecule has 4 rings (SSSR count). The lowest BCUT2D eigenvalue weighted by molar-refractivity contribution is 0.0507. The Morgan fingerprint density at radius 2 is 2.28 bits per heavy atom. The summed E-state index contributed by atoms with van der Waals surface area (Å²) in [5, 5.41) is 1.11. The first kappa shape index (κ1) is 15.8. The zero-order valence-corrected chi connectivity index (χ0v) is 14.0. The van der Waals surface area contributed by atoms with Crippen molar-refractivity contribution in [2.75, 3.05) is 13.2 Å². The number of fused-ring (bicyclic) bond motifs is 1. The number of hydrogen-bond donors (Lipinski definition) is 1. The smallest absolute Gasteiger partial charge is 0.254 e. The number of hydrogen-bond acceptors (Lipinski definition) is 3. The van der Waals surface area contributed by atoms with Gasteiger partial charge in [-0.2, -0.15) is 0 Å². The van der Waals surface area contributed by atoms with Crippen molar-refractivity contribution in [3.63, 3.8) is 0 Å². The first-order chi connectivity index (χ1) is 12.3. The summed E-state index contributed by atoms with van der Waals surface area (Å²) < 4.78 is 5.75. The summed E-state index contributed by atoms with van der Waals surface area (Å²) in [6.45, 7) is 1.93. The van der Waals surface area contributed by atoms with Crippen LogP contribution in [0.5, 0.6) is 0 Å². The summed E-state index contributed by atoms with van der Waals surface area (Å²) in [6.07, 6.45) is 7.63. The van der Waals surface area contributed by atoms with Gasteiger partial charge in [0.25, 0.3) is 5.91 Å². The molecule has 1 saturated heterocycles. The predicted octanol–water partition coefficient (Wildman–Crippen LogP) is 3.38. The van der Waals surface area contributed by atoms with Crippen molar-refractivity contribution in [1.29, 1.82) is 0 Å². The molecule has 1 aromatic carbocycles. The Hall–Kier alpha value is -2.66. The van der Waals surface area contributed by atoms with Crippen LogP contribution in [0.4, 0.5) is 0 Å². The van der Waals surface area contributed by atoms with Crippen molar-refractivity contribution in [3.05, 3.63) is 66.1 Å². The Morgan fingerprint density at radius 1 is 1.32 bits per heavy atom. The van der Waals surface area contributed by atoms with E-state index in [0.29, 0.717) is 18.7 Å². The molecule has 5 heteroatoms. The molecule has 1 atom stereocenters. The molecule has 128 valence electrons. The third-order valence-electron chi connectivity index (χ3n) is 4.63. The fourth-order valence-electron chi connectivity index (χ4n) is 3.33. The zero-order chi connectivity index (χ0) is 17.1. The molecule has 1 aliphatic heterocycles. The van der Waals surface area contributed by atoms with Crippen molar-refractivity contribution in [3.8, 4) is 0 Å². The van der Waals surface area contributed by atoms with Gasteiger partial charge >= 0.3 is 0 Å². The van der Waals surface area contributed by atoms with E-state index in [9.17, 15) is 4.79 Å². The second-order valence-corrected chi connectivity index (χ2v) is 6.46. The molecule has 2 aromatic heterocycles. The number of amides is 1. The number of carbonyl (C=O) groups is 1. The third kappa shape index (κ3) is 3.56. The van der Waals surface area contributed by atoms with Crippen LogP contribution in [0.1, 0.15) is 28.8 Å². The second-order valence-electron chi connectivity index (χ2n) is 6.46. The predicted molar refractivity (Wildman–Crippen MR) is 96.3 cm³/mol. The quantitative estimate of drug-likeness (QED) is 0.777. The van der Waals surface area contributed by atoms with Crippen LogP contribution >= 0.6 is 0 Å². The first-order valence-electron chi connectivity index (χ1n) is 8.66. The summed E-state index contributed by atoms with van der Waals surface area (Å²) in [5.74, 6) is 0.0239. The molecular weight excluding hydrogens is 314 g/mol. The van der Waals surface area contributed by atoms with Crippen LogP contribution in [-0.4, -0.2) is 40.0 Å². The fourth-order valence-corrected chi connectivity index (χ4v) is 3.33. The van der Waals surface area contributed by atoms with Gasteiger partial charge in [-0.1, -0.05) is 12.1 Å². The summed E-state index contributed by atoms with van der Waals surface area (Å²) in [5.41, 5.74) is 2.69. The highest BCUT2D eigenvalue weighted by atomic mass is 16.5. The molecule has 0 aliphatic carbocycles. The molecule has 25 heavy (non-hydrogen) atoms. The van der Waals surface area contributed by atoms with Crippen molar-refractivity contribution in [2.45, 2.75) is 25.5 Å². The molecular formula is C20H21N3O2. The van der Waals surface area contributed by atoms with E-state index in [0.717, 1.165) is 35.9 Å². The number of aromatic amines is 1. The molecule has 1 amide bonds. The molecule has 0 saturated carbocycles. The Morgan fingerprint density at radius 3 is 3.08 bits per heavy atom. The van der Waals surface area contributed by atoms with Gasteiger partial charge in [0.1, 0.15) is 0 Å². The molecule has 1 fully saturated rings. The van der Waals surface area contributed by atoms with Crippen molar-refractivity contribution in [2.24, 2.45) is 0 Å². The van der Waals surface area contributed by atoms with Crippen LogP contribution in [0.25, 0.3) is 10.9 Å². The normalized spacial score (nSPS) is 17.0. The van der Waals surface area contributed by atoms with E-state index in [1.54, 1.807) is 6.20 Å². The lowest BCUT2D eigenvalue weighted by atomic mass is 10.1. The average molecular weight is 335 g/mol. The minimum atomic E-state index is 0.0239. The van der Waals surface area contributed by atoms with Crippen LogP contribution in [0, 0.1) is 0 Å². The minimum Gasteiger partial charge on any atom is -0.376 e. The largest absolute Gasteiger partial charge is 0.376 e. The summed E-state index contributed by atoms with van der Waals surface area (Å²) in [4.78, 5) is 22.3. The van der Waals surface area contributed by atoms with Gasteiger partial charge in [0.05, 0.1) is 6.10 Å². The zero-order valence-electron chi connectivity index (χ0n) is 14.0. The van der Waals surface area contributed by atoms with Crippen molar-refractivity contribution < 1.29 is 9.53 Å². The van der Waals surface area contributed by atoms with E-state index in [4.69, 9.17) is 4.74 Å². The Labute approximate surface area is 146 Å². The summed E-state index contributed by atoms with van der Waals surface area (Å²) >= 11 is 0. The van der Waals surface area contributed by atoms with E-state index in [-0.39, 0.29) is 12.0 Å². The topological polar surface area (TPSA) is 58.2 Å². The van der Waals surface area contributed by atoms with Gasteiger partial charge in [-0.25, -0.2) is 0 Å². The molecule has 1 aliphatic rings. The van der Waals surface area contributed by atoms with Crippen LogP contribution in [0.2, 0.25) is 0 Å². The molecule has 0 bridgehead atoms. The maximum atomic E-state index is 13.1. The van der Waals surface area contributed by atoms with Gasteiger partial charge in [-0.05, 0) is 48.1 Å². The van der Waals surface area contributed by atoms with Crippen molar-refractivity contribution in [1.82, 2.24) is 14.9 Å². The van der Waals surface area contributed by atoms with Gasteiger partial charge < -0.3 is 14.6 Å². The van der Waals surface area contributed by atoms with E-state index >= 15 is 0 Å². The molecule has 3 aromatic rings. The van der Waals surface area contributed by atoms with Crippen LogP contribution in [-0.2, 0) is 11.3 Å². The molecule has 5 nitrogen and oxygen atoms in total. The number of aromatic nitrogens is 2. The van der Waals surface area contributed by atoms with E-state index in [2.05, 4.69) is 9.97 Å². The van der Waals surface area contributed by atoms with E-state index in [1.165, 1.54) is 0 Å². The average Bonchev–Trinajstić information content (AvgIpc) is 3.32. The lowest BCUT2D eigenvalue weighted by Gasteiger charge is -2.25. The molecule has 1 N–H and O–H groups in total. The van der Waals surface area contributed by atoms with Crippen LogP contribution in [0.3, 0.4) is 0 Å². The highest BCUT2D eigenvalue weighted by Gasteiger charge is 2.24. The van der Waals surface area contributed by atoms with Gasteiger partial charge in [0.15, 0.2) is 0 Å². The highest BCUT2D eigenvalue weighted by molar-refractivity contribution is 5.97. The maximum absolute atomic E-state index is 13.1. The van der Waals surface area contributed by atoms with Crippen LogP contribution < -0.4 is 0 Å². The number of benzene rings is 1. The molecule has 0 radical (unpaired) electrons. The molecule has 0 unspecified atom stereocenters. The Kier molecular flexibility index (Phi) is 4.48. The Balaban J connectivity index is 1.59. The summed E-state index contributed by atoms with van der Waals surface area (Å²) in [7, 11) is 0. The second kappa shape index (κ2) is 7.07. The summed E-state index contributed by atoms with van der Waals surface area (Å²) in [6, 6.07) is 11.7. The van der Waals surface area contributed by atoms with Gasteiger partial charge in [0.2, 0.25) is 0 Å². The molecule has 0 spiro atoms. The SMILES string of the molecule is O=C(c1ccc2cc[nH]c2c1)N(Cc1cccnc1)C[C@@H]1CCCO1. The van der Waals surface area contributed by atoms with Crippen molar-refractivity contribution >= 4 is 16.8 Å². The van der Waals surface area contributed by atoms with Crippen LogP contribution in [0.15, 0.2) is 55.0 Å². The first-order valence-corrected chi connectivity index (χ1v) is 8.66.